The van der Waals surface area contributed by atoms with Gasteiger partial charge in [-0.15, -0.1) is 11.3 Å². The van der Waals surface area contributed by atoms with Crippen LogP contribution < -0.4 is 17.7 Å². The van der Waals surface area contributed by atoms with Crippen molar-refractivity contribution < 1.29 is 12.4 Å². The lowest BCUT2D eigenvalue weighted by Crippen LogP contribution is -3.00. The molecule has 0 bridgehead atoms. The molecule has 0 aliphatic heterocycles. The summed E-state index contributed by atoms with van der Waals surface area (Å²) in [5.41, 5.74) is 2.62. The van der Waals surface area contributed by atoms with E-state index in [2.05, 4.69) is 59.8 Å². The van der Waals surface area contributed by atoms with Gasteiger partial charge in [0.25, 0.3) is 0 Å². The van der Waals surface area contributed by atoms with Gasteiger partial charge >= 0.3 is 0 Å². The van der Waals surface area contributed by atoms with Gasteiger partial charge in [0, 0.05) is 33.4 Å². The van der Waals surface area contributed by atoms with Gasteiger partial charge in [-0.2, -0.15) is 0 Å². The summed E-state index contributed by atoms with van der Waals surface area (Å²) in [6.45, 7) is 4.14. The van der Waals surface area contributed by atoms with Crippen LogP contribution in [0.2, 0.25) is 0 Å². The molecule has 2 nitrogen and oxygen atoms in total. The molecule has 0 amide bonds. The Morgan fingerprint density at radius 1 is 1.15 bits per heavy atom. The number of H-pyrrole nitrogens is 1. The van der Waals surface area contributed by atoms with Crippen LogP contribution in [-0.2, 0) is 13.0 Å². The highest BCUT2D eigenvalue weighted by atomic mass is 35.5. The lowest BCUT2D eigenvalue weighted by Gasteiger charge is -2.02. The largest absolute Gasteiger partial charge is 1.00 e. The fraction of sp³-hybridized carbons (Fsp3) is 0.250. The molecule has 0 saturated heterocycles. The average molecular weight is 306 g/mol. The number of para-hydroxylation sites is 1. The first-order chi connectivity index (χ1) is 9.33. The fourth-order valence-electron chi connectivity index (χ4n) is 2.35. The molecule has 0 unspecified atom stereocenters. The Labute approximate surface area is 129 Å². The van der Waals surface area contributed by atoms with Gasteiger partial charge in [0.15, 0.2) is 0 Å². The number of hydrogen-bond acceptors (Lipinski definition) is 2. The third-order valence-electron chi connectivity index (χ3n) is 3.34. The van der Waals surface area contributed by atoms with E-state index in [9.17, 15) is 0 Å². The van der Waals surface area contributed by atoms with Gasteiger partial charge in [-0.25, -0.2) is 0 Å². The maximum absolute atomic E-state index is 3.51. The van der Waals surface area contributed by atoms with Crippen LogP contribution in [0, 0.1) is 6.92 Å². The molecule has 2 aromatic heterocycles. The quantitative estimate of drug-likeness (QED) is 0.673. The summed E-state index contributed by atoms with van der Waals surface area (Å²) in [6, 6.07) is 12.9. The smallest absolute Gasteiger partial charge is 0.0456 e. The number of aromatic nitrogens is 1. The van der Waals surface area contributed by atoms with Crippen molar-refractivity contribution >= 4 is 22.2 Å². The number of halogens is 1. The summed E-state index contributed by atoms with van der Waals surface area (Å²) in [6.07, 6.45) is 3.19. The monoisotopic (exact) mass is 305 g/mol. The van der Waals surface area contributed by atoms with Crippen LogP contribution in [0.4, 0.5) is 0 Å². The minimum atomic E-state index is 0. The molecule has 4 heteroatoms. The fourth-order valence-corrected chi connectivity index (χ4v) is 3.21. The molecule has 2 heterocycles. The second kappa shape index (κ2) is 6.93. The van der Waals surface area contributed by atoms with Crippen molar-refractivity contribution in [3.63, 3.8) is 0 Å². The summed E-state index contributed by atoms with van der Waals surface area (Å²) in [7, 11) is 0. The van der Waals surface area contributed by atoms with E-state index >= 15 is 0 Å². The second-order valence-corrected chi connectivity index (χ2v) is 6.17. The number of fused-ring (bicyclic) bond motifs is 1. The molecule has 0 spiro atoms. The third-order valence-corrected chi connectivity index (χ3v) is 4.34. The van der Waals surface area contributed by atoms with Gasteiger partial charge in [0.2, 0.25) is 0 Å². The summed E-state index contributed by atoms with van der Waals surface area (Å²) in [5, 5.41) is 4.86. The van der Waals surface area contributed by atoms with Gasteiger partial charge < -0.3 is 22.7 Å². The molecule has 20 heavy (non-hydrogen) atoms. The van der Waals surface area contributed by atoms with Crippen molar-refractivity contribution in [1.82, 2.24) is 10.3 Å². The average Bonchev–Trinajstić information content (AvgIpc) is 3.02. The Morgan fingerprint density at radius 2 is 2.00 bits per heavy atom. The molecular formula is C16H18ClN2S-. The molecule has 0 radical (unpaired) electrons. The Morgan fingerprint density at radius 3 is 2.80 bits per heavy atom. The van der Waals surface area contributed by atoms with Crippen LogP contribution in [0.5, 0.6) is 0 Å². The summed E-state index contributed by atoms with van der Waals surface area (Å²) < 4.78 is 0. The zero-order valence-electron chi connectivity index (χ0n) is 11.4. The van der Waals surface area contributed by atoms with Crippen LogP contribution in [0.15, 0.2) is 42.6 Å². The predicted octanol–water partition coefficient (Wildman–Crippen LogP) is 0.874. The SMILES string of the molecule is Cc1ccc(CNCCc2c[nH]c3ccccc23)s1.[Cl-]. The maximum atomic E-state index is 3.51. The molecule has 2 N–H and O–H groups in total. The second-order valence-electron chi connectivity index (χ2n) is 4.80. The molecule has 3 rings (SSSR count). The molecule has 3 aromatic rings. The van der Waals surface area contributed by atoms with Crippen LogP contribution in [-0.4, -0.2) is 11.5 Å². The number of aromatic amines is 1. The minimum absolute atomic E-state index is 0. The zero-order chi connectivity index (χ0) is 13.1. The number of hydrogen-bond donors (Lipinski definition) is 2. The van der Waals surface area contributed by atoms with E-state index in [0.717, 1.165) is 19.5 Å². The minimum Gasteiger partial charge on any atom is -1.00 e. The standard InChI is InChI=1S/C16H18N2S.ClH/c1-12-6-7-14(19-12)11-17-9-8-13-10-18-16-5-3-2-4-15(13)16;/h2-7,10,17-18H,8-9,11H2,1H3;1H/p-1. The van der Waals surface area contributed by atoms with Crippen LogP contribution in [0.1, 0.15) is 15.3 Å². The lowest BCUT2D eigenvalue weighted by molar-refractivity contribution is -0.00000384. The van der Waals surface area contributed by atoms with Gasteiger partial charge in [-0.05, 0) is 43.7 Å². The topological polar surface area (TPSA) is 27.8 Å². The van der Waals surface area contributed by atoms with Crippen LogP contribution in [0.25, 0.3) is 10.9 Å². The molecule has 0 aliphatic rings. The predicted molar refractivity (Wildman–Crippen MR) is 82.8 cm³/mol. The normalized spacial score (nSPS) is 10.7. The maximum Gasteiger partial charge on any atom is 0.0456 e. The van der Waals surface area contributed by atoms with E-state index in [1.54, 1.807) is 0 Å². The Hall–Kier alpha value is -1.29. The zero-order valence-corrected chi connectivity index (χ0v) is 13.0. The number of nitrogens with one attached hydrogen (secondary N) is 2. The molecule has 106 valence electrons. The van der Waals surface area contributed by atoms with E-state index in [1.165, 1.54) is 26.2 Å². The first-order valence-corrected chi connectivity index (χ1v) is 7.45. The number of aryl methyl sites for hydroxylation is 1. The van der Waals surface area contributed by atoms with Crippen molar-refractivity contribution in [2.75, 3.05) is 6.54 Å². The molecule has 1 aromatic carbocycles. The van der Waals surface area contributed by atoms with Crippen molar-refractivity contribution in [2.24, 2.45) is 0 Å². The molecule has 0 fully saturated rings. The Balaban J connectivity index is 0.00000147. The van der Waals surface area contributed by atoms with E-state index in [1.807, 2.05) is 11.3 Å². The molecule has 0 aliphatic carbocycles. The lowest BCUT2D eigenvalue weighted by atomic mass is 10.1. The van der Waals surface area contributed by atoms with Gasteiger partial charge in [0.1, 0.15) is 0 Å². The summed E-state index contributed by atoms with van der Waals surface area (Å²) >= 11 is 1.87. The van der Waals surface area contributed by atoms with Gasteiger partial charge in [-0.1, -0.05) is 18.2 Å². The highest BCUT2D eigenvalue weighted by molar-refractivity contribution is 7.11. The number of thiophene rings is 1. The van der Waals surface area contributed by atoms with E-state index < -0.39 is 0 Å². The highest BCUT2D eigenvalue weighted by Gasteiger charge is 2.02. The summed E-state index contributed by atoms with van der Waals surface area (Å²) in [5.74, 6) is 0. The number of rotatable bonds is 5. The molecular weight excluding hydrogens is 288 g/mol. The van der Waals surface area contributed by atoms with E-state index in [4.69, 9.17) is 0 Å². The van der Waals surface area contributed by atoms with Gasteiger partial charge in [-0.3, -0.25) is 0 Å². The third kappa shape index (κ3) is 3.42. The first kappa shape index (κ1) is 15.1. The van der Waals surface area contributed by atoms with Crippen LogP contribution >= 0.6 is 11.3 Å². The van der Waals surface area contributed by atoms with Crippen molar-refractivity contribution in [3.8, 4) is 0 Å². The Kier molecular flexibility index (Phi) is 5.24. The van der Waals surface area contributed by atoms with E-state index in [0.29, 0.717) is 0 Å². The highest BCUT2D eigenvalue weighted by Crippen LogP contribution is 2.18. The first-order valence-electron chi connectivity index (χ1n) is 6.64. The van der Waals surface area contributed by atoms with Crippen molar-refractivity contribution in [3.05, 3.63) is 57.9 Å². The van der Waals surface area contributed by atoms with Crippen molar-refractivity contribution in [1.29, 1.82) is 0 Å². The summed E-state index contributed by atoms with van der Waals surface area (Å²) in [4.78, 5) is 6.12. The van der Waals surface area contributed by atoms with E-state index in [-0.39, 0.29) is 12.4 Å². The van der Waals surface area contributed by atoms with Crippen LogP contribution in [0.3, 0.4) is 0 Å². The Bertz CT molecular complexity index is 672. The molecule has 0 atom stereocenters. The van der Waals surface area contributed by atoms with Gasteiger partial charge in [0.05, 0.1) is 0 Å². The van der Waals surface area contributed by atoms with Crippen molar-refractivity contribution in [2.45, 2.75) is 19.9 Å². The molecule has 0 saturated carbocycles. The number of benzene rings is 1.